The Morgan fingerprint density at radius 1 is 1.35 bits per heavy atom. The summed E-state index contributed by atoms with van der Waals surface area (Å²) in [5.74, 6) is 0.568. The van der Waals surface area contributed by atoms with Crippen LogP contribution in [0, 0.1) is 0 Å². The minimum Gasteiger partial charge on any atom is -0.389 e. The van der Waals surface area contributed by atoms with Crippen molar-refractivity contribution < 1.29 is 14.9 Å². The second-order valence-corrected chi connectivity index (χ2v) is 4.87. The fourth-order valence-corrected chi connectivity index (χ4v) is 2.18. The van der Waals surface area contributed by atoms with Crippen molar-refractivity contribution >= 4 is 11.0 Å². The van der Waals surface area contributed by atoms with Crippen molar-refractivity contribution in [2.75, 3.05) is 13.2 Å². The maximum Gasteiger partial charge on any atom is 0.135 e. The van der Waals surface area contributed by atoms with Crippen LogP contribution in [0.25, 0.3) is 11.0 Å². The molecule has 0 fully saturated rings. The first-order valence-electron chi connectivity index (χ1n) is 7.07. The predicted octanol–water partition coefficient (Wildman–Crippen LogP) is 1.71. The van der Waals surface area contributed by atoms with E-state index in [1.54, 1.807) is 0 Å². The smallest absolute Gasteiger partial charge is 0.135 e. The van der Waals surface area contributed by atoms with Crippen molar-refractivity contribution in [1.29, 1.82) is 0 Å². The largest absolute Gasteiger partial charge is 0.389 e. The Morgan fingerprint density at radius 2 is 2.15 bits per heavy atom. The first kappa shape index (κ1) is 15.0. The van der Waals surface area contributed by atoms with Gasteiger partial charge in [-0.1, -0.05) is 25.5 Å². The van der Waals surface area contributed by atoms with Gasteiger partial charge in [0, 0.05) is 6.61 Å². The summed E-state index contributed by atoms with van der Waals surface area (Å²) in [6.45, 7) is 3.31. The molecule has 1 heterocycles. The minimum atomic E-state index is -0.602. The Bertz CT molecular complexity index is 539. The third-order valence-corrected chi connectivity index (χ3v) is 3.22. The van der Waals surface area contributed by atoms with Gasteiger partial charge in [-0.25, -0.2) is 4.98 Å². The van der Waals surface area contributed by atoms with Crippen molar-refractivity contribution in [3.05, 3.63) is 30.1 Å². The van der Waals surface area contributed by atoms with Gasteiger partial charge >= 0.3 is 0 Å². The fraction of sp³-hybridized carbons (Fsp3) is 0.533. The van der Waals surface area contributed by atoms with Crippen LogP contribution in [0.3, 0.4) is 0 Å². The van der Waals surface area contributed by atoms with E-state index < -0.39 is 6.10 Å². The first-order chi connectivity index (χ1) is 9.76. The van der Waals surface area contributed by atoms with Crippen LogP contribution in [0.1, 0.15) is 25.6 Å². The molecule has 5 heteroatoms. The third-order valence-electron chi connectivity index (χ3n) is 3.22. The molecule has 0 aliphatic heterocycles. The average molecular weight is 278 g/mol. The number of nitrogens with zero attached hydrogens (tertiary/aromatic N) is 2. The maximum absolute atomic E-state index is 10.0. The van der Waals surface area contributed by atoms with Crippen molar-refractivity contribution in [2.24, 2.45) is 0 Å². The van der Waals surface area contributed by atoms with Gasteiger partial charge in [-0.05, 0) is 18.6 Å². The summed E-state index contributed by atoms with van der Waals surface area (Å²) in [5.41, 5.74) is 1.75. The Hall–Kier alpha value is -1.43. The topological polar surface area (TPSA) is 67.5 Å². The molecule has 110 valence electrons. The normalized spacial score (nSPS) is 12.9. The lowest BCUT2D eigenvalue weighted by atomic mass is 10.3. The van der Waals surface area contributed by atoms with Crippen molar-refractivity contribution in [3.8, 4) is 0 Å². The molecule has 0 saturated carbocycles. The molecule has 20 heavy (non-hydrogen) atoms. The molecule has 0 aliphatic carbocycles. The molecule has 2 N–H and O–H groups in total. The SMILES string of the molecule is CCCCOC[C@@H](O)Cn1c(CO)nc2ccccc21. The van der Waals surface area contributed by atoms with E-state index in [1.807, 2.05) is 28.8 Å². The van der Waals surface area contributed by atoms with Gasteiger partial charge < -0.3 is 19.5 Å². The van der Waals surface area contributed by atoms with E-state index in [1.165, 1.54) is 0 Å². The van der Waals surface area contributed by atoms with Crippen LogP contribution in [-0.4, -0.2) is 39.1 Å². The van der Waals surface area contributed by atoms with E-state index in [0.29, 0.717) is 25.6 Å². The highest BCUT2D eigenvalue weighted by Gasteiger charge is 2.13. The minimum absolute atomic E-state index is 0.141. The quantitative estimate of drug-likeness (QED) is 0.721. The number of ether oxygens (including phenoxy) is 1. The Morgan fingerprint density at radius 3 is 2.90 bits per heavy atom. The molecule has 0 radical (unpaired) electrons. The van der Waals surface area contributed by atoms with Crippen LogP contribution in [0.5, 0.6) is 0 Å². The Balaban J connectivity index is 2.04. The van der Waals surface area contributed by atoms with Crippen LogP contribution < -0.4 is 0 Å². The summed E-state index contributed by atoms with van der Waals surface area (Å²) in [6.07, 6.45) is 1.48. The number of unbranched alkanes of at least 4 members (excludes halogenated alkanes) is 1. The molecule has 2 rings (SSSR count). The number of fused-ring (bicyclic) bond motifs is 1. The van der Waals surface area contributed by atoms with Crippen LogP contribution in [0.15, 0.2) is 24.3 Å². The van der Waals surface area contributed by atoms with E-state index in [-0.39, 0.29) is 6.61 Å². The number of benzene rings is 1. The number of hydrogen-bond donors (Lipinski definition) is 2. The number of aromatic nitrogens is 2. The van der Waals surface area contributed by atoms with Crippen LogP contribution >= 0.6 is 0 Å². The Kier molecular flexibility index (Phi) is 5.52. The lowest BCUT2D eigenvalue weighted by Crippen LogP contribution is -2.23. The van der Waals surface area contributed by atoms with Gasteiger partial charge in [0.15, 0.2) is 0 Å². The lowest BCUT2D eigenvalue weighted by Gasteiger charge is -2.14. The molecule has 2 aromatic rings. The molecule has 1 aromatic heterocycles. The summed E-state index contributed by atoms with van der Waals surface area (Å²) in [7, 11) is 0. The van der Waals surface area contributed by atoms with E-state index in [9.17, 15) is 10.2 Å². The van der Waals surface area contributed by atoms with E-state index in [4.69, 9.17) is 4.74 Å². The van der Waals surface area contributed by atoms with Gasteiger partial charge in [0.25, 0.3) is 0 Å². The molecule has 5 nitrogen and oxygen atoms in total. The van der Waals surface area contributed by atoms with Gasteiger partial charge in [-0.15, -0.1) is 0 Å². The summed E-state index contributed by atoms with van der Waals surface area (Å²) >= 11 is 0. The summed E-state index contributed by atoms with van der Waals surface area (Å²) in [5, 5.41) is 19.4. The molecule has 0 spiro atoms. The molecular formula is C15H22N2O3. The van der Waals surface area contributed by atoms with Crippen LogP contribution in [-0.2, 0) is 17.9 Å². The number of imidazole rings is 1. The van der Waals surface area contributed by atoms with Gasteiger partial charge in [0.2, 0.25) is 0 Å². The van der Waals surface area contributed by atoms with Gasteiger partial charge in [-0.2, -0.15) is 0 Å². The van der Waals surface area contributed by atoms with E-state index in [2.05, 4.69) is 11.9 Å². The fourth-order valence-electron chi connectivity index (χ4n) is 2.18. The number of aliphatic hydroxyl groups is 2. The second kappa shape index (κ2) is 7.38. The van der Waals surface area contributed by atoms with E-state index in [0.717, 1.165) is 23.9 Å². The third kappa shape index (κ3) is 3.56. The monoisotopic (exact) mass is 278 g/mol. The number of hydrogen-bond acceptors (Lipinski definition) is 4. The standard InChI is InChI=1S/C15H22N2O3/c1-2-3-8-20-11-12(19)9-17-14-7-5-4-6-13(14)16-15(17)10-18/h4-7,12,18-19H,2-3,8-11H2,1H3/t12-/m0/s1. The molecule has 1 atom stereocenters. The zero-order valence-corrected chi connectivity index (χ0v) is 11.8. The summed E-state index contributed by atoms with van der Waals surface area (Å²) in [4.78, 5) is 4.35. The van der Waals surface area contributed by atoms with Crippen LogP contribution in [0.2, 0.25) is 0 Å². The van der Waals surface area contributed by atoms with E-state index >= 15 is 0 Å². The predicted molar refractivity (Wildman–Crippen MR) is 77.4 cm³/mol. The first-order valence-corrected chi connectivity index (χ1v) is 7.07. The highest BCUT2D eigenvalue weighted by atomic mass is 16.5. The number of para-hydroxylation sites is 2. The van der Waals surface area contributed by atoms with Gasteiger partial charge in [0.1, 0.15) is 12.4 Å². The Labute approximate surface area is 118 Å². The maximum atomic E-state index is 10.0. The van der Waals surface area contributed by atoms with Gasteiger partial charge in [0.05, 0.1) is 30.3 Å². The van der Waals surface area contributed by atoms with Crippen LogP contribution in [0.4, 0.5) is 0 Å². The number of aliphatic hydroxyl groups excluding tert-OH is 2. The summed E-state index contributed by atoms with van der Waals surface area (Å²) in [6, 6.07) is 7.66. The lowest BCUT2D eigenvalue weighted by molar-refractivity contribution is 0.0268. The second-order valence-electron chi connectivity index (χ2n) is 4.87. The molecule has 0 amide bonds. The zero-order valence-electron chi connectivity index (χ0n) is 11.8. The molecule has 0 aliphatic rings. The highest BCUT2D eigenvalue weighted by molar-refractivity contribution is 5.75. The van der Waals surface area contributed by atoms with Crippen molar-refractivity contribution in [2.45, 2.75) is 39.0 Å². The average Bonchev–Trinajstić information content (AvgIpc) is 2.82. The number of rotatable bonds is 8. The molecule has 1 aromatic carbocycles. The zero-order chi connectivity index (χ0) is 14.4. The molecular weight excluding hydrogens is 256 g/mol. The molecule has 0 bridgehead atoms. The van der Waals surface area contributed by atoms with Crippen molar-refractivity contribution in [1.82, 2.24) is 9.55 Å². The molecule has 0 unspecified atom stereocenters. The molecule has 0 saturated heterocycles. The van der Waals surface area contributed by atoms with Gasteiger partial charge in [-0.3, -0.25) is 0 Å². The summed E-state index contributed by atoms with van der Waals surface area (Å²) < 4.78 is 7.27. The van der Waals surface area contributed by atoms with Crippen molar-refractivity contribution in [3.63, 3.8) is 0 Å². The highest BCUT2D eigenvalue weighted by Crippen LogP contribution is 2.16.